The van der Waals surface area contributed by atoms with Gasteiger partial charge in [-0.3, -0.25) is 4.79 Å². The predicted octanol–water partition coefficient (Wildman–Crippen LogP) is 5.90. The standard InChI is InChI=1S/C30H30ClN3O6/c1-16(2)22-14-23(17(3)11-25(22)38-5)28-33-24-10-8-7-9-21(24)29(35)34(28)32-15-19-12-20(31)13-26(39-6)27(19)40-18(4)30(36)37/h7-16,18H,1-6H3,(H,36,37)/t18-/m1/s1. The highest BCUT2D eigenvalue weighted by Gasteiger charge is 2.21. The van der Waals surface area contributed by atoms with Crippen molar-refractivity contribution in [2.75, 3.05) is 14.2 Å². The predicted molar refractivity (Wildman–Crippen MR) is 156 cm³/mol. The molecule has 0 fully saturated rings. The van der Waals surface area contributed by atoms with E-state index in [0.717, 1.165) is 16.9 Å². The number of aryl methyl sites for hydroxylation is 1. The molecule has 0 unspecified atom stereocenters. The van der Waals surface area contributed by atoms with Gasteiger partial charge in [-0.1, -0.05) is 37.6 Å². The summed E-state index contributed by atoms with van der Waals surface area (Å²) in [7, 11) is 3.04. The number of fused-ring (bicyclic) bond motifs is 1. The third kappa shape index (κ3) is 5.65. The lowest BCUT2D eigenvalue weighted by Gasteiger charge is -2.18. The Morgan fingerprint density at radius 3 is 2.42 bits per heavy atom. The quantitative estimate of drug-likeness (QED) is 0.252. The molecule has 1 atom stereocenters. The number of benzene rings is 3. The van der Waals surface area contributed by atoms with E-state index in [1.807, 2.05) is 25.1 Å². The van der Waals surface area contributed by atoms with Crippen LogP contribution in [0.1, 0.15) is 43.4 Å². The molecule has 0 bridgehead atoms. The smallest absolute Gasteiger partial charge is 0.344 e. The van der Waals surface area contributed by atoms with Gasteiger partial charge in [0.05, 0.1) is 31.3 Å². The molecule has 0 saturated carbocycles. The molecule has 0 aliphatic heterocycles. The number of ether oxygens (including phenoxy) is 3. The summed E-state index contributed by atoms with van der Waals surface area (Å²) in [5, 5.41) is 14.6. The molecule has 0 amide bonds. The molecule has 0 saturated heterocycles. The van der Waals surface area contributed by atoms with Gasteiger partial charge in [0.1, 0.15) is 5.75 Å². The van der Waals surface area contributed by atoms with Crippen LogP contribution in [0.25, 0.3) is 22.3 Å². The zero-order chi connectivity index (χ0) is 29.1. The normalized spacial score (nSPS) is 12.2. The van der Waals surface area contributed by atoms with Gasteiger partial charge in [0.2, 0.25) is 0 Å². The highest BCUT2D eigenvalue weighted by atomic mass is 35.5. The first-order valence-corrected chi connectivity index (χ1v) is 13.0. The lowest BCUT2D eigenvalue weighted by molar-refractivity contribution is -0.144. The number of halogens is 1. The Morgan fingerprint density at radius 2 is 1.77 bits per heavy atom. The number of carbonyl (C=O) groups is 1. The number of hydrogen-bond donors (Lipinski definition) is 1. The number of rotatable bonds is 9. The minimum Gasteiger partial charge on any atom is -0.496 e. The summed E-state index contributed by atoms with van der Waals surface area (Å²) in [5.41, 5.74) is 2.98. The molecule has 208 valence electrons. The van der Waals surface area contributed by atoms with E-state index in [1.54, 1.807) is 31.4 Å². The molecular formula is C30H30ClN3O6. The fraction of sp³-hybridized carbons (Fsp3) is 0.267. The highest BCUT2D eigenvalue weighted by Crippen LogP contribution is 2.36. The highest BCUT2D eigenvalue weighted by molar-refractivity contribution is 6.31. The van der Waals surface area contributed by atoms with E-state index in [4.69, 9.17) is 30.8 Å². The van der Waals surface area contributed by atoms with Crippen LogP contribution in [0.4, 0.5) is 0 Å². The maximum atomic E-state index is 13.8. The third-order valence-electron chi connectivity index (χ3n) is 6.42. The fourth-order valence-corrected chi connectivity index (χ4v) is 4.50. The van der Waals surface area contributed by atoms with Gasteiger partial charge in [0, 0.05) is 22.2 Å². The van der Waals surface area contributed by atoms with Crippen molar-refractivity contribution in [3.05, 3.63) is 80.6 Å². The molecule has 0 spiro atoms. The van der Waals surface area contributed by atoms with E-state index in [9.17, 15) is 14.7 Å². The van der Waals surface area contributed by atoms with Crippen LogP contribution in [0.2, 0.25) is 5.02 Å². The monoisotopic (exact) mass is 563 g/mol. The third-order valence-corrected chi connectivity index (χ3v) is 6.63. The van der Waals surface area contributed by atoms with Gasteiger partial charge in [0.15, 0.2) is 23.4 Å². The van der Waals surface area contributed by atoms with E-state index in [-0.39, 0.29) is 23.0 Å². The van der Waals surface area contributed by atoms with Gasteiger partial charge in [-0.05, 0) is 61.2 Å². The van der Waals surface area contributed by atoms with Crippen LogP contribution < -0.4 is 19.8 Å². The molecule has 4 rings (SSSR count). The summed E-state index contributed by atoms with van der Waals surface area (Å²) < 4.78 is 17.9. The van der Waals surface area contributed by atoms with Gasteiger partial charge >= 0.3 is 5.97 Å². The molecule has 40 heavy (non-hydrogen) atoms. The topological polar surface area (TPSA) is 112 Å². The van der Waals surface area contributed by atoms with E-state index < -0.39 is 12.1 Å². The zero-order valence-electron chi connectivity index (χ0n) is 23.1. The molecule has 1 N–H and O–H groups in total. The number of carboxylic acid groups (broad SMARTS) is 1. The van der Waals surface area contributed by atoms with Crippen molar-refractivity contribution in [1.82, 2.24) is 9.66 Å². The summed E-state index contributed by atoms with van der Waals surface area (Å²) >= 11 is 6.31. The van der Waals surface area contributed by atoms with Crippen LogP contribution in [0, 0.1) is 6.92 Å². The van der Waals surface area contributed by atoms with Gasteiger partial charge in [0.25, 0.3) is 5.56 Å². The summed E-state index contributed by atoms with van der Waals surface area (Å²) in [6, 6.07) is 14.0. The van der Waals surface area contributed by atoms with Crippen molar-refractivity contribution in [3.8, 4) is 28.6 Å². The largest absolute Gasteiger partial charge is 0.496 e. The van der Waals surface area contributed by atoms with E-state index in [2.05, 4.69) is 18.9 Å². The lowest BCUT2D eigenvalue weighted by Crippen LogP contribution is -2.24. The van der Waals surface area contributed by atoms with Crippen molar-refractivity contribution < 1.29 is 24.1 Å². The summed E-state index contributed by atoms with van der Waals surface area (Å²) in [6.45, 7) is 7.43. The van der Waals surface area contributed by atoms with E-state index in [1.165, 1.54) is 31.0 Å². The Kier molecular flexibility index (Phi) is 8.44. The molecule has 9 nitrogen and oxygen atoms in total. The molecule has 0 radical (unpaired) electrons. The van der Waals surface area contributed by atoms with Crippen molar-refractivity contribution in [2.24, 2.45) is 5.10 Å². The maximum absolute atomic E-state index is 13.8. The number of nitrogens with zero attached hydrogens (tertiary/aromatic N) is 3. The maximum Gasteiger partial charge on any atom is 0.344 e. The minimum absolute atomic E-state index is 0.122. The lowest BCUT2D eigenvalue weighted by atomic mass is 9.96. The van der Waals surface area contributed by atoms with Crippen LogP contribution in [-0.2, 0) is 4.79 Å². The Morgan fingerprint density at radius 1 is 1.07 bits per heavy atom. The average molecular weight is 564 g/mol. The second-order valence-electron chi connectivity index (χ2n) is 9.50. The molecule has 1 heterocycles. The number of methoxy groups -OCH3 is 2. The molecule has 0 aliphatic rings. The number of aliphatic carboxylic acids is 1. The van der Waals surface area contributed by atoms with Gasteiger partial charge in [-0.2, -0.15) is 9.78 Å². The first-order chi connectivity index (χ1) is 19.0. The number of para-hydroxylation sites is 1. The summed E-state index contributed by atoms with van der Waals surface area (Å²) in [5.74, 6) is 0.406. The average Bonchev–Trinajstić information content (AvgIpc) is 2.92. The van der Waals surface area contributed by atoms with Crippen LogP contribution in [0.5, 0.6) is 17.2 Å². The summed E-state index contributed by atoms with van der Waals surface area (Å²) in [4.78, 5) is 30.1. The van der Waals surface area contributed by atoms with Gasteiger partial charge in [-0.25, -0.2) is 9.78 Å². The van der Waals surface area contributed by atoms with Crippen molar-refractivity contribution in [3.63, 3.8) is 0 Å². The first-order valence-electron chi connectivity index (χ1n) is 12.6. The molecule has 4 aromatic rings. The van der Waals surface area contributed by atoms with Crippen molar-refractivity contribution in [2.45, 2.75) is 39.7 Å². The van der Waals surface area contributed by atoms with E-state index in [0.29, 0.717) is 32.9 Å². The van der Waals surface area contributed by atoms with Crippen molar-refractivity contribution in [1.29, 1.82) is 0 Å². The van der Waals surface area contributed by atoms with Crippen LogP contribution in [-0.4, -0.2) is 47.3 Å². The number of carboxylic acids is 1. The SMILES string of the molecule is COc1cc(C)c(-c2nc3ccccc3c(=O)n2N=Cc2cc(Cl)cc(OC)c2O[C@H](C)C(=O)O)cc1C(C)C. The molecule has 10 heteroatoms. The molecular weight excluding hydrogens is 534 g/mol. The van der Waals surface area contributed by atoms with Gasteiger partial charge in [-0.15, -0.1) is 0 Å². The van der Waals surface area contributed by atoms with Crippen LogP contribution in [0.3, 0.4) is 0 Å². The molecule has 0 aliphatic carbocycles. The Labute approximate surface area is 236 Å². The second-order valence-corrected chi connectivity index (χ2v) is 9.94. The Hall–Kier alpha value is -4.37. The van der Waals surface area contributed by atoms with Crippen LogP contribution in [0.15, 0.2) is 58.4 Å². The van der Waals surface area contributed by atoms with Crippen LogP contribution >= 0.6 is 11.6 Å². The Bertz CT molecular complexity index is 1680. The second kappa shape index (κ2) is 11.8. The summed E-state index contributed by atoms with van der Waals surface area (Å²) in [6.07, 6.45) is 0.196. The van der Waals surface area contributed by atoms with Gasteiger partial charge < -0.3 is 19.3 Å². The molecule has 3 aromatic carbocycles. The van der Waals surface area contributed by atoms with Crippen molar-refractivity contribution >= 4 is 34.7 Å². The number of hydrogen-bond acceptors (Lipinski definition) is 7. The van der Waals surface area contributed by atoms with E-state index >= 15 is 0 Å². The number of aromatic nitrogens is 2. The molecule has 1 aromatic heterocycles. The fourth-order valence-electron chi connectivity index (χ4n) is 4.28. The zero-order valence-corrected chi connectivity index (χ0v) is 23.8. The first kappa shape index (κ1) is 28.6. The Balaban J connectivity index is 1.99. The minimum atomic E-state index is -1.18.